The van der Waals surface area contributed by atoms with E-state index in [1.54, 1.807) is 24.2 Å². The van der Waals surface area contributed by atoms with Crippen molar-refractivity contribution in [2.24, 2.45) is 0 Å². The zero-order chi connectivity index (χ0) is 13.8. The molecular formula is C15H18N2OS. The maximum Gasteiger partial charge on any atom is 0.174 e. The number of ketones is 1. The van der Waals surface area contributed by atoms with Crippen LogP contribution in [-0.4, -0.2) is 21.1 Å². The first-order chi connectivity index (χ1) is 9.13. The van der Waals surface area contributed by atoms with Crippen molar-refractivity contribution >= 4 is 17.5 Å². The highest BCUT2D eigenvalue weighted by Crippen LogP contribution is 2.21. The number of pyridine rings is 1. The van der Waals surface area contributed by atoms with Crippen LogP contribution in [0.3, 0.4) is 0 Å². The highest BCUT2D eigenvalue weighted by atomic mass is 32.2. The zero-order valence-electron chi connectivity index (χ0n) is 11.5. The lowest BCUT2D eigenvalue weighted by molar-refractivity contribution is 0.102. The van der Waals surface area contributed by atoms with Gasteiger partial charge in [-0.15, -0.1) is 11.8 Å². The minimum atomic E-state index is 0.189. The molecule has 2 aromatic rings. The summed E-state index contributed by atoms with van der Waals surface area (Å²) < 4.78 is 2.17. The van der Waals surface area contributed by atoms with E-state index in [0.29, 0.717) is 5.75 Å². The zero-order valence-corrected chi connectivity index (χ0v) is 12.3. The van der Waals surface area contributed by atoms with Gasteiger partial charge in [-0.25, -0.2) is 0 Å². The number of nitrogens with zero attached hydrogens (tertiary/aromatic N) is 2. The molecule has 0 aliphatic carbocycles. The van der Waals surface area contributed by atoms with E-state index < -0.39 is 0 Å². The van der Waals surface area contributed by atoms with Gasteiger partial charge in [0.05, 0.1) is 5.75 Å². The fraction of sp³-hybridized carbons (Fsp3) is 0.333. The summed E-state index contributed by atoms with van der Waals surface area (Å²) in [4.78, 5) is 17.3. The number of aryl methyl sites for hydroxylation is 1. The van der Waals surface area contributed by atoms with Crippen molar-refractivity contribution < 1.29 is 4.79 Å². The average molecular weight is 274 g/mol. The van der Waals surface area contributed by atoms with E-state index in [0.717, 1.165) is 28.4 Å². The first-order valence-electron chi connectivity index (χ1n) is 6.36. The third-order valence-electron chi connectivity index (χ3n) is 3.21. The van der Waals surface area contributed by atoms with Crippen LogP contribution in [0, 0.1) is 13.8 Å². The van der Waals surface area contributed by atoms with E-state index in [4.69, 9.17) is 0 Å². The van der Waals surface area contributed by atoms with Gasteiger partial charge in [-0.2, -0.15) is 0 Å². The Morgan fingerprint density at radius 3 is 2.58 bits per heavy atom. The van der Waals surface area contributed by atoms with E-state index in [1.165, 1.54) is 0 Å². The molecule has 19 heavy (non-hydrogen) atoms. The molecule has 100 valence electrons. The summed E-state index contributed by atoms with van der Waals surface area (Å²) in [5.41, 5.74) is 3.07. The Morgan fingerprint density at radius 1 is 1.32 bits per heavy atom. The Balaban J connectivity index is 2.08. The first-order valence-corrected chi connectivity index (χ1v) is 7.34. The molecule has 0 N–H and O–H groups in total. The first kappa shape index (κ1) is 13.9. The number of Topliss-reactive ketones (excluding diaryl/α,β-unsaturated/α-hetero) is 1. The van der Waals surface area contributed by atoms with Crippen LogP contribution in [-0.2, 0) is 6.54 Å². The normalized spacial score (nSPS) is 10.7. The van der Waals surface area contributed by atoms with Crippen LogP contribution in [0.15, 0.2) is 35.5 Å². The molecule has 0 saturated carbocycles. The largest absolute Gasteiger partial charge is 0.349 e. The van der Waals surface area contributed by atoms with Crippen molar-refractivity contribution in [2.45, 2.75) is 32.2 Å². The number of carbonyl (C=O) groups excluding carboxylic acids is 1. The summed E-state index contributed by atoms with van der Waals surface area (Å²) in [6.45, 7) is 7.06. The second-order valence-electron chi connectivity index (χ2n) is 4.42. The third kappa shape index (κ3) is 3.07. The lowest BCUT2D eigenvalue weighted by Crippen LogP contribution is -2.05. The molecule has 2 aromatic heterocycles. The predicted octanol–water partition coefficient (Wildman–Crippen LogP) is 3.49. The fourth-order valence-corrected chi connectivity index (χ4v) is 3.00. The van der Waals surface area contributed by atoms with Crippen LogP contribution < -0.4 is 0 Å². The van der Waals surface area contributed by atoms with Crippen LogP contribution in [0.1, 0.15) is 28.7 Å². The van der Waals surface area contributed by atoms with Gasteiger partial charge in [0.1, 0.15) is 0 Å². The van der Waals surface area contributed by atoms with Crippen LogP contribution >= 0.6 is 11.8 Å². The van der Waals surface area contributed by atoms with E-state index in [9.17, 15) is 4.79 Å². The Bertz CT molecular complexity index is 575. The molecule has 0 aliphatic heterocycles. The van der Waals surface area contributed by atoms with Gasteiger partial charge in [0.15, 0.2) is 5.78 Å². The minimum absolute atomic E-state index is 0.189. The third-order valence-corrected chi connectivity index (χ3v) is 4.22. The summed E-state index contributed by atoms with van der Waals surface area (Å²) in [5, 5.41) is 0. The molecule has 2 rings (SSSR count). The summed E-state index contributed by atoms with van der Waals surface area (Å²) in [5.74, 6) is 0.660. The van der Waals surface area contributed by atoms with Gasteiger partial charge in [-0.1, -0.05) is 0 Å². The lowest BCUT2D eigenvalue weighted by atomic mass is 10.2. The second kappa shape index (κ2) is 6.06. The number of thioether (sulfide) groups is 1. The van der Waals surface area contributed by atoms with Gasteiger partial charge in [0.25, 0.3) is 0 Å². The van der Waals surface area contributed by atoms with Gasteiger partial charge in [-0.05, 0) is 39.0 Å². The summed E-state index contributed by atoms with van der Waals surface area (Å²) in [6.07, 6.45) is 3.49. The molecule has 3 nitrogen and oxygen atoms in total. The molecule has 0 aromatic carbocycles. The molecular weight excluding hydrogens is 256 g/mol. The molecule has 0 unspecified atom stereocenters. The number of carbonyl (C=O) groups is 1. The van der Waals surface area contributed by atoms with Crippen molar-refractivity contribution in [2.75, 3.05) is 5.75 Å². The molecule has 0 aliphatic rings. The lowest BCUT2D eigenvalue weighted by Gasteiger charge is -2.05. The number of hydrogen-bond acceptors (Lipinski definition) is 3. The highest BCUT2D eigenvalue weighted by Gasteiger charge is 2.14. The SMILES string of the molecule is CCn1c(C)cc(C(=O)CSc2ccncc2)c1C. The van der Waals surface area contributed by atoms with E-state index in [1.807, 2.05) is 32.0 Å². The van der Waals surface area contributed by atoms with Crippen molar-refractivity contribution in [3.63, 3.8) is 0 Å². The van der Waals surface area contributed by atoms with E-state index in [-0.39, 0.29) is 5.78 Å². The van der Waals surface area contributed by atoms with Crippen LogP contribution in [0.5, 0.6) is 0 Å². The van der Waals surface area contributed by atoms with Gasteiger partial charge < -0.3 is 4.57 Å². The summed E-state index contributed by atoms with van der Waals surface area (Å²) >= 11 is 1.56. The smallest absolute Gasteiger partial charge is 0.174 e. The van der Waals surface area contributed by atoms with Crippen LogP contribution in [0.4, 0.5) is 0 Å². The number of hydrogen-bond donors (Lipinski definition) is 0. The topological polar surface area (TPSA) is 34.9 Å². The number of aromatic nitrogens is 2. The van der Waals surface area contributed by atoms with Crippen molar-refractivity contribution in [3.05, 3.63) is 47.5 Å². The minimum Gasteiger partial charge on any atom is -0.349 e. The van der Waals surface area contributed by atoms with Gasteiger partial charge >= 0.3 is 0 Å². The van der Waals surface area contributed by atoms with Crippen molar-refractivity contribution in [3.8, 4) is 0 Å². The van der Waals surface area contributed by atoms with Crippen LogP contribution in [0.25, 0.3) is 0 Å². The second-order valence-corrected chi connectivity index (χ2v) is 5.47. The standard InChI is InChI=1S/C15H18N2OS/c1-4-17-11(2)9-14(12(17)3)15(18)10-19-13-5-7-16-8-6-13/h5-9H,4,10H2,1-3H3. The van der Waals surface area contributed by atoms with Crippen LogP contribution in [0.2, 0.25) is 0 Å². The van der Waals surface area contributed by atoms with E-state index >= 15 is 0 Å². The van der Waals surface area contributed by atoms with E-state index in [2.05, 4.69) is 16.5 Å². The maximum absolute atomic E-state index is 12.3. The van der Waals surface area contributed by atoms with Gasteiger partial charge in [0, 0.05) is 40.8 Å². The molecule has 0 atom stereocenters. The Morgan fingerprint density at radius 2 is 2.00 bits per heavy atom. The average Bonchev–Trinajstić information content (AvgIpc) is 2.72. The molecule has 0 saturated heterocycles. The Labute approximate surface area is 118 Å². The molecule has 4 heteroatoms. The van der Waals surface area contributed by atoms with Gasteiger partial charge in [0.2, 0.25) is 0 Å². The van der Waals surface area contributed by atoms with Crippen molar-refractivity contribution in [1.29, 1.82) is 0 Å². The molecule has 0 spiro atoms. The molecule has 0 fully saturated rings. The Hall–Kier alpha value is -1.55. The number of rotatable bonds is 5. The molecule has 0 bridgehead atoms. The highest BCUT2D eigenvalue weighted by molar-refractivity contribution is 8.00. The molecule has 2 heterocycles. The molecule has 0 amide bonds. The van der Waals surface area contributed by atoms with Gasteiger partial charge in [-0.3, -0.25) is 9.78 Å². The van der Waals surface area contributed by atoms with Crippen molar-refractivity contribution in [1.82, 2.24) is 9.55 Å². The Kier molecular flexibility index (Phi) is 4.43. The quantitative estimate of drug-likeness (QED) is 0.618. The fourth-order valence-electron chi connectivity index (χ4n) is 2.23. The summed E-state index contributed by atoms with van der Waals surface area (Å²) in [6, 6.07) is 5.84. The predicted molar refractivity (Wildman–Crippen MR) is 78.9 cm³/mol. The monoisotopic (exact) mass is 274 g/mol. The molecule has 0 radical (unpaired) electrons. The maximum atomic E-state index is 12.3. The summed E-state index contributed by atoms with van der Waals surface area (Å²) in [7, 11) is 0.